The Hall–Kier alpha value is -3.15. The standard InChI is InChI=1S/C17H14N4O2/c1-20-14-9-13-12(8-11(14)16(22)21(2)17(20)23)18-15(19-13)10-6-4-3-5-7-10/h3-9H,1-2H3,(H,18,19). The first-order valence-corrected chi connectivity index (χ1v) is 7.21. The molecule has 0 bridgehead atoms. The number of nitrogens with zero attached hydrogens (tertiary/aromatic N) is 3. The molecule has 6 nitrogen and oxygen atoms in total. The molecular formula is C17H14N4O2. The van der Waals surface area contributed by atoms with E-state index < -0.39 is 0 Å². The summed E-state index contributed by atoms with van der Waals surface area (Å²) in [4.78, 5) is 32.2. The molecule has 1 N–H and O–H groups in total. The van der Waals surface area contributed by atoms with Crippen molar-refractivity contribution in [2.75, 3.05) is 0 Å². The first kappa shape index (κ1) is 13.5. The second kappa shape index (κ2) is 4.67. The number of hydrogen-bond donors (Lipinski definition) is 1. The third kappa shape index (κ3) is 1.92. The zero-order valence-electron chi connectivity index (χ0n) is 12.7. The van der Waals surface area contributed by atoms with Crippen molar-refractivity contribution in [3.05, 3.63) is 63.3 Å². The molecule has 4 rings (SSSR count). The van der Waals surface area contributed by atoms with Gasteiger partial charge in [-0.3, -0.25) is 13.9 Å². The Morgan fingerprint density at radius 1 is 1.00 bits per heavy atom. The number of aromatic nitrogens is 4. The molecule has 0 aliphatic rings. The van der Waals surface area contributed by atoms with Crippen LogP contribution in [0, 0.1) is 0 Å². The number of rotatable bonds is 1. The monoisotopic (exact) mass is 306 g/mol. The van der Waals surface area contributed by atoms with Crippen molar-refractivity contribution in [3.8, 4) is 11.4 Å². The van der Waals surface area contributed by atoms with Crippen molar-refractivity contribution in [1.29, 1.82) is 0 Å². The molecule has 0 unspecified atom stereocenters. The average molecular weight is 306 g/mol. The molecule has 4 aromatic rings. The molecule has 6 heteroatoms. The molecule has 0 amide bonds. The highest BCUT2D eigenvalue weighted by Gasteiger charge is 2.12. The van der Waals surface area contributed by atoms with Crippen molar-refractivity contribution < 1.29 is 0 Å². The summed E-state index contributed by atoms with van der Waals surface area (Å²) in [7, 11) is 3.14. The summed E-state index contributed by atoms with van der Waals surface area (Å²) in [6.45, 7) is 0. The summed E-state index contributed by atoms with van der Waals surface area (Å²) in [5, 5.41) is 0.491. The van der Waals surface area contributed by atoms with E-state index in [1.807, 2.05) is 30.3 Å². The Balaban J connectivity index is 2.09. The van der Waals surface area contributed by atoms with Crippen LogP contribution >= 0.6 is 0 Å². The molecule has 23 heavy (non-hydrogen) atoms. The summed E-state index contributed by atoms with van der Waals surface area (Å²) in [5.74, 6) is 0.734. The number of imidazole rings is 1. The van der Waals surface area contributed by atoms with E-state index in [4.69, 9.17) is 0 Å². The number of aromatic amines is 1. The summed E-state index contributed by atoms with van der Waals surface area (Å²) >= 11 is 0. The Morgan fingerprint density at radius 2 is 1.74 bits per heavy atom. The van der Waals surface area contributed by atoms with Crippen molar-refractivity contribution >= 4 is 21.9 Å². The van der Waals surface area contributed by atoms with Gasteiger partial charge in [0.15, 0.2) is 0 Å². The minimum absolute atomic E-state index is 0.305. The lowest BCUT2D eigenvalue weighted by molar-refractivity contribution is 0.714. The van der Waals surface area contributed by atoms with Gasteiger partial charge in [0.25, 0.3) is 5.56 Å². The third-order valence-electron chi connectivity index (χ3n) is 4.12. The van der Waals surface area contributed by atoms with Gasteiger partial charge in [0.1, 0.15) is 5.82 Å². The molecule has 2 heterocycles. The number of nitrogens with one attached hydrogen (secondary N) is 1. The van der Waals surface area contributed by atoms with Gasteiger partial charge < -0.3 is 4.98 Å². The van der Waals surface area contributed by atoms with E-state index in [1.165, 1.54) is 11.6 Å². The van der Waals surface area contributed by atoms with Gasteiger partial charge in [-0.15, -0.1) is 0 Å². The fourth-order valence-corrected chi connectivity index (χ4v) is 2.82. The van der Waals surface area contributed by atoms with Crippen LogP contribution in [-0.2, 0) is 14.1 Å². The van der Waals surface area contributed by atoms with Crippen molar-refractivity contribution in [2.45, 2.75) is 0 Å². The average Bonchev–Trinajstić information content (AvgIpc) is 3.00. The Morgan fingerprint density at radius 3 is 2.48 bits per heavy atom. The third-order valence-corrected chi connectivity index (χ3v) is 4.12. The molecule has 0 fully saturated rings. The molecule has 0 atom stereocenters. The second-order valence-corrected chi connectivity index (χ2v) is 5.54. The van der Waals surface area contributed by atoms with Gasteiger partial charge in [0.2, 0.25) is 0 Å². The first-order valence-electron chi connectivity index (χ1n) is 7.21. The lowest BCUT2D eigenvalue weighted by Crippen LogP contribution is -2.36. The summed E-state index contributed by atoms with van der Waals surface area (Å²) in [5.41, 5.74) is 2.39. The molecule has 0 saturated carbocycles. The Bertz CT molecular complexity index is 1170. The van der Waals surface area contributed by atoms with E-state index >= 15 is 0 Å². The number of hydrogen-bond acceptors (Lipinski definition) is 3. The quantitative estimate of drug-likeness (QED) is 0.582. The Kier molecular flexibility index (Phi) is 2.74. The van der Waals surface area contributed by atoms with Crippen LogP contribution in [0.4, 0.5) is 0 Å². The number of benzene rings is 2. The van der Waals surface area contributed by atoms with Gasteiger partial charge in [0.05, 0.1) is 21.9 Å². The van der Waals surface area contributed by atoms with Crippen molar-refractivity contribution in [2.24, 2.45) is 14.1 Å². The SMILES string of the molecule is Cn1c(=O)c2cc3[nH]c(-c4ccccc4)nc3cc2n(C)c1=O. The van der Waals surface area contributed by atoms with Crippen LogP contribution in [0.5, 0.6) is 0 Å². The highest BCUT2D eigenvalue weighted by molar-refractivity contribution is 5.94. The molecule has 114 valence electrons. The fraction of sp³-hybridized carbons (Fsp3) is 0.118. The highest BCUT2D eigenvalue weighted by atomic mass is 16.2. The molecule has 2 aromatic carbocycles. The predicted octanol–water partition coefficient (Wildman–Crippen LogP) is 1.78. The predicted molar refractivity (Wildman–Crippen MR) is 89.5 cm³/mol. The normalized spacial score (nSPS) is 11.4. The van der Waals surface area contributed by atoms with Crippen LogP contribution in [0.15, 0.2) is 52.1 Å². The van der Waals surface area contributed by atoms with Gasteiger partial charge in [0, 0.05) is 19.7 Å². The molecule has 0 saturated heterocycles. The maximum absolute atomic E-state index is 12.3. The topological polar surface area (TPSA) is 72.7 Å². The van der Waals surface area contributed by atoms with E-state index in [-0.39, 0.29) is 11.2 Å². The maximum atomic E-state index is 12.3. The lowest BCUT2D eigenvalue weighted by atomic mass is 10.2. The molecule has 0 spiro atoms. The molecule has 0 aliphatic heterocycles. The van der Waals surface area contributed by atoms with Gasteiger partial charge in [-0.05, 0) is 12.1 Å². The van der Waals surface area contributed by atoms with E-state index in [9.17, 15) is 9.59 Å². The van der Waals surface area contributed by atoms with E-state index in [0.29, 0.717) is 10.9 Å². The van der Waals surface area contributed by atoms with Gasteiger partial charge >= 0.3 is 5.69 Å². The van der Waals surface area contributed by atoms with Crippen molar-refractivity contribution in [3.63, 3.8) is 0 Å². The maximum Gasteiger partial charge on any atom is 0.330 e. The summed E-state index contributed by atoms with van der Waals surface area (Å²) in [6, 6.07) is 13.3. The van der Waals surface area contributed by atoms with Crippen LogP contribution in [0.2, 0.25) is 0 Å². The largest absolute Gasteiger partial charge is 0.338 e. The molecule has 0 aliphatic carbocycles. The minimum atomic E-state index is -0.347. The molecular weight excluding hydrogens is 292 g/mol. The number of fused-ring (bicyclic) bond motifs is 2. The van der Waals surface area contributed by atoms with Crippen LogP contribution < -0.4 is 11.2 Å². The van der Waals surface area contributed by atoms with E-state index in [1.54, 1.807) is 19.2 Å². The minimum Gasteiger partial charge on any atom is -0.338 e. The molecule has 2 aromatic heterocycles. The zero-order valence-corrected chi connectivity index (χ0v) is 12.7. The summed E-state index contributed by atoms with van der Waals surface area (Å²) < 4.78 is 2.58. The van der Waals surface area contributed by atoms with Crippen LogP contribution in [0.25, 0.3) is 33.3 Å². The van der Waals surface area contributed by atoms with Crippen molar-refractivity contribution in [1.82, 2.24) is 19.1 Å². The van der Waals surface area contributed by atoms with Crippen LogP contribution in [0.1, 0.15) is 0 Å². The highest BCUT2D eigenvalue weighted by Crippen LogP contribution is 2.23. The van der Waals surface area contributed by atoms with Gasteiger partial charge in [-0.25, -0.2) is 9.78 Å². The van der Waals surface area contributed by atoms with Gasteiger partial charge in [-0.2, -0.15) is 0 Å². The van der Waals surface area contributed by atoms with Crippen LogP contribution in [-0.4, -0.2) is 19.1 Å². The first-order chi connectivity index (χ1) is 11.1. The second-order valence-electron chi connectivity index (χ2n) is 5.54. The van der Waals surface area contributed by atoms with E-state index in [0.717, 1.165) is 27.0 Å². The Labute approximate surface area is 130 Å². The summed E-state index contributed by atoms with van der Waals surface area (Å²) in [6.07, 6.45) is 0. The smallest absolute Gasteiger partial charge is 0.330 e. The molecule has 0 radical (unpaired) electrons. The number of aryl methyl sites for hydroxylation is 1. The zero-order chi connectivity index (χ0) is 16.1. The number of H-pyrrole nitrogens is 1. The van der Waals surface area contributed by atoms with E-state index in [2.05, 4.69) is 9.97 Å². The van der Waals surface area contributed by atoms with Gasteiger partial charge in [-0.1, -0.05) is 30.3 Å². The lowest BCUT2D eigenvalue weighted by Gasteiger charge is -2.06. The van der Waals surface area contributed by atoms with Crippen LogP contribution in [0.3, 0.4) is 0 Å². The fourth-order valence-electron chi connectivity index (χ4n) is 2.82.